The molecule has 0 radical (unpaired) electrons. The Morgan fingerprint density at radius 1 is 1.22 bits per heavy atom. The number of methoxy groups -OCH3 is 2. The van der Waals surface area contributed by atoms with Gasteiger partial charge in [0.2, 0.25) is 0 Å². The van der Waals surface area contributed by atoms with Crippen LogP contribution < -0.4 is 20.5 Å². The number of nitrogens with zero attached hydrogens (tertiary/aromatic N) is 1. The summed E-state index contributed by atoms with van der Waals surface area (Å²) in [6.45, 7) is 1.60. The van der Waals surface area contributed by atoms with Crippen molar-refractivity contribution < 1.29 is 19.1 Å². The van der Waals surface area contributed by atoms with Crippen LogP contribution in [0.5, 0.6) is 11.5 Å². The number of primary amides is 1. The van der Waals surface area contributed by atoms with Gasteiger partial charge in [-0.2, -0.15) is 0 Å². The number of nitrogens with two attached hydrogens (primary N) is 1. The second-order valence-electron chi connectivity index (χ2n) is 6.08. The Morgan fingerprint density at radius 2 is 1.93 bits per heavy atom. The maximum absolute atomic E-state index is 12.7. The van der Waals surface area contributed by atoms with Gasteiger partial charge in [0, 0.05) is 23.5 Å². The van der Waals surface area contributed by atoms with Crippen LogP contribution in [0.25, 0.3) is 0 Å². The lowest BCUT2D eigenvalue weighted by Crippen LogP contribution is -2.27. The summed E-state index contributed by atoms with van der Waals surface area (Å²) in [7, 11) is 5.06. The van der Waals surface area contributed by atoms with Crippen LogP contribution in [0.3, 0.4) is 0 Å². The van der Waals surface area contributed by atoms with E-state index in [1.807, 2.05) is 7.05 Å². The van der Waals surface area contributed by atoms with Gasteiger partial charge >= 0.3 is 0 Å². The molecule has 146 valence electrons. The predicted octanol–water partition coefficient (Wildman–Crippen LogP) is 2.53. The van der Waals surface area contributed by atoms with Crippen molar-refractivity contribution in [3.63, 3.8) is 0 Å². The number of rotatable bonds is 5. The molecule has 1 aromatic carbocycles. The molecular weight excluding hydrogens is 390 g/mol. The number of fused-ring (bicyclic) bond motifs is 1. The lowest BCUT2D eigenvalue weighted by molar-refractivity contribution is 0.1000. The third-order valence-electron chi connectivity index (χ3n) is 4.37. The van der Waals surface area contributed by atoms with Crippen LogP contribution in [-0.4, -0.2) is 44.5 Å². The van der Waals surface area contributed by atoms with Gasteiger partial charge in [0.25, 0.3) is 11.8 Å². The van der Waals surface area contributed by atoms with Gasteiger partial charge in [0.1, 0.15) is 5.00 Å². The van der Waals surface area contributed by atoms with Crippen molar-refractivity contribution in [1.82, 2.24) is 4.90 Å². The van der Waals surface area contributed by atoms with E-state index in [-0.39, 0.29) is 18.3 Å². The van der Waals surface area contributed by atoms with Gasteiger partial charge < -0.3 is 25.4 Å². The Labute approximate surface area is 167 Å². The van der Waals surface area contributed by atoms with Crippen molar-refractivity contribution in [2.24, 2.45) is 5.73 Å². The molecule has 0 bridgehead atoms. The second kappa shape index (κ2) is 8.60. The lowest BCUT2D eigenvalue weighted by atomic mass is 10.0. The number of benzene rings is 1. The van der Waals surface area contributed by atoms with Crippen LogP contribution in [-0.2, 0) is 13.0 Å². The van der Waals surface area contributed by atoms with Crippen molar-refractivity contribution in [2.45, 2.75) is 13.0 Å². The third kappa shape index (κ3) is 4.18. The summed E-state index contributed by atoms with van der Waals surface area (Å²) in [6, 6.07) is 4.90. The average molecular weight is 412 g/mol. The normalized spacial score (nSPS) is 13.3. The molecule has 0 spiro atoms. The molecule has 0 saturated heterocycles. The number of carbonyl (C=O) groups is 2. The van der Waals surface area contributed by atoms with E-state index in [4.69, 9.17) is 15.2 Å². The minimum absolute atomic E-state index is 0. The van der Waals surface area contributed by atoms with E-state index in [1.165, 1.54) is 25.6 Å². The first-order valence-electron chi connectivity index (χ1n) is 8.10. The van der Waals surface area contributed by atoms with Gasteiger partial charge in [0.05, 0.1) is 19.8 Å². The number of amides is 2. The number of thiophene rings is 1. The zero-order valence-electron chi connectivity index (χ0n) is 15.3. The largest absolute Gasteiger partial charge is 0.493 e. The zero-order valence-corrected chi connectivity index (χ0v) is 17.0. The van der Waals surface area contributed by atoms with Gasteiger partial charge in [-0.25, -0.2) is 0 Å². The fourth-order valence-corrected chi connectivity index (χ4v) is 4.36. The van der Waals surface area contributed by atoms with Gasteiger partial charge in [-0.3, -0.25) is 9.59 Å². The molecule has 1 aromatic heterocycles. The Hall–Kier alpha value is -2.29. The minimum Gasteiger partial charge on any atom is -0.493 e. The molecule has 0 unspecified atom stereocenters. The fourth-order valence-electron chi connectivity index (χ4n) is 3.03. The van der Waals surface area contributed by atoms with Crippen LogP contribution in [0, 0.1) is 0 Å². The highest BCUT2D eigenvalue weighted by Gasteiger charge is 2.26. The molecule has 0 aliphatic carbocycles. The van der Waals surface area contributed by atoms with Gasteiger partial charge in [-0.15, -0.1) is 23.7 Å². The van der Waals surface area contributed by atoms with E-state index in [2.05, 4.69) is 10.2 Å². The quantitative estimate of drug-likeness (QED) is 0.788. The van der Waals surface area contributed by atoms with Crippen molar-refractivity contribution in [3.8, 4) is 11.5 Å². The Balaban J connectivity index is 0.00000261. The molecule has 9 heteroatoms. The molecule has 0 fully saturated rings. The first kappa shape index (κ1) is 21.0. The van der Waals surface area contributed by atoms with Gasteiger partial charge in [-0.05, 0) is 37.2 Å². The van der Waals surface area contributed by atoms with Crippen LogP contribution in [0.4, 0.5) is 5.00 Å². The number of hydrogen-bond acceptors (Lipinski definition) is 6. The standard InChI is InChI=1S/C18H21N3O4S.ClH/c1-21-7-6-11-14(9-21)26-18(15(11)16(19)22)20-17(23)10-4-5-12(24-2)13(8-10)25-3;/h4-5,8H,6-7,9H2,1-3H3,(H2,19,22)(H,20,23);1H. The Bertz CT molecular complexity index is 869. The van der Waals surface area contributed by atoms with Crippen molar-refractivity contribution in [3.05, 3.63) is 39.8 Å². The smallest absolute Gasteiger partial charge is 0.256 e. The molecule has 3 rings (SSSR count). The van der Waals surface area contributed by atoms with E-state index in [9.17, 15) is 9.59 Å². The second-order valence-corrected chi connectivity index (χ2v) is 7.19. The summed E-state index contributed by atoms with van der Waals surface area (Å²) in [5.74, 6) is 0.147. The van der Waals surface area contributed by atoms with Crippen LogP contribution in [0.1, 0.15) is 31.2 Å². The number of ether oxygens (including phenoxy) is 2. The molecule has 2 aromatic rings. The van der Waals surface area contributed by atoms with E-state index in [0.29, 0.717) is 27.6 Å². The molecule has 1 aliphatic rings. The third-order valence-corrected chi connectivity index (χ3v) is 5.50. The molecule has 2 heterocycles. The molecule has 0 atom stereocenters. The molecular formula is C18H22ClN3O4S. The molecule has 7 nitrogen and oxygen atoms in total. The van der Waals surface area contributed by atoms with E-state index in [1.54, 1.807) is 18.2 Å². The summed E-state index contributed by atoms with van der Waals surface area (Å²) in [5.41, 5.74) is 7.36. The molecule has 27 heavy (non-hydrogen) atoms. The number of halogens is 1. The SMILES string of the molecule is COc1ccc(C(=O)Nc2sc3c(c2C(N)=O)CCN(C)C3)cc1OC.Cl. The number of carbonyl (C=O) groups excluding carboxylic acids is 2. The van der Waals surface area contributed by atoms with Crippen LogP contribution in [0.2, 0.25) is 0 Å². The van der Waals surface area contributed by atoms with Crippen molar-refractivity contribution in [1.29, 1.82) is 0 Å². The number of anilines is 1. The zero-order chi connectivity index (χ0) is 18.8. The number of nitrogens with one attached hydrogen (secondary N) is 1. The summed E-state index contributed by atoms with van der Waals surface area (Å²) in [5, 5.41) is 3.33. The van der Waals surface area contributed by atoms with Crippen LogP contribution >= 0.6 is 23.7 Å². The molecule has 2 amide bonds. The Morgan fingerprint density at radius 3 is 2.56 bits per heavy atom. The van der Waals surface area contributed by atoms with Crippen LogP contribution in [0.15, 0.2) is 18.2 Å². The molecule has 0 saturated carbocycles. The first-order valence-corrected chi connectivity index (χ1v) is 8.92. The van der Waals surface area contributed by atoms with E-state index >= 15 is 0 Å². The molecule has 3 N–H and O–H groups in total. The maximum Gasteiger partial charge on any atom is 0.256 e. The highest BCUT2D eigenvalue weighted by molar-refractivity contribution is 7.17. The first-order chi connectivity index (χ1) is 12.4. The number of likely N-dealkylation sites (N-methyl/N-ethyl adjacent to an activating group) is 1. The highest BCUT2D eigenvalue weighted by Crippen LogP contribution is 2.37. The number of hydrogen-bond donors (Lipinski definition) is 2. The summed E-state index contributed by atoms with van der Waals surface area (Å²) in [4.78, 5) is 27.9. The topological polar surface area (TPSA) is 93.9 Å². The van der Waals surface area contributed by atoms with Gasteiger partial charge in [-0.1, -0.05) is 0 Å². The molecule has 1 aliphatic heterocycles. The predicted molar refractivity (Wildman–Crippen MR) is 108 cm³/mol. The van der Waals surface area contributed by atoms with Crippen molar-refractivity contribution in [2.75, 3.05) is 33.1 Å². The summed E-state index contributed by atoms with van der Waals surface area (Å²) < 4.78 is 10.4. The monoisotopic (exact) mass is 411 g/mol. The van der Waals surface area contributed by atoms with Gasteiger partial charge in [0.15, 0.2) is 11.5 Å². The van der Waals surface area contributed by atoms with E-state index < -0.39 is 5.91 Å². The Kier molecular flexibility index (Phi) is 6.69. The average Bonchev–Trinajstić information content (AvgIpc) is 2.97. The fraction of sp³-hybridized carbons (Fsp3) is 0.333. The maximum atomic E-state index is 12.7. The van der Waals surface area contributed by atoms with E-state index in [0.717, 1.165) is 30.0 Å². The summed E-state index contributed by atoms with van der Waals surface area (Å²) >= 11 is 1.40. The highest BCUT2D eigenvalue weighted by atomic mass is 35.5. The minimum atomic E-state index is -0.519. The summed E-state index contributed by atoms with van der Waals surface area (Å²) in [6.07, 6.45) is 0.743. The van der Waals surface area contributed by atoms with Crippen molar-refractivity contribution >= 4 is 40.6 Å². The lowest BCUT2D eigenvalue weighted by Gasteiger charge is -2.22.